The molecule has 0 atom stereocenters. The highest BCUT2D eigenvalue weighted by molar-refractivity contribution is 5.76. The molecule has 0 spiro atoms. The minimum Gasteiger partial charge on any atom is -0.454 e. The second kappa shape index (κ2) is 7.31. The fourth-order valence-electron chi connectivity index (χ4n) is 2.81. The number of nitrogens with one attached hydrogen (secondary N) is 1. The van der Waals surface area contributed by atoms with Gasteiger partial charge in [0, 0.05) is 19.2 Å². The second-order valence-corrected chi connectivity index (χ2v) is 6.09. The second-order valence-electron chi connectivity index (χ2n) is 6.09. The van der Waals surface area contributed by atoms with Crippen LogP contribution in [0.15, 0.2) is 60.9 Å². The molecule has 0 saturated heterocycles. The summed E-state index contributed by atoms with van der Waals surface area (Å²) in [7, 11) is 0. The molecule has 1 N–H and O–H groups in total. The van der Waals surface area contributed by atoms with Gasteiger partial charge in [-0.25, -0.2) is 4.68 Å². The molecule has 1 aromatic heterocycles. The van der Waals surface area contributed by atoms with Gasteiger partial charge in [0.1, 0.15) is 0 Å². The Morgan fingerprint density at radius 3 is 2.81 bits per heavy atom. The molecule has 26 heavy (non-hydrogen) atoms. The van der Waals surface area contributed by atoms with Crippen LogP contribution in [0.25, 0.3) is 5.69 Å². The zero-order chi connectivity index (χ0) is 17.8. The highest BCUT2D eigenvalue weighted by Crippen LogP contribution is 2.32. The molecule has 132 valence electrons. The van der Waals surface area contributed by atoms with Crippen LogP contribution in [0.1, 0.15) is 17.5 Å². The Hall–Kier alpha value is -3.28. The van der Waals surface area contributed by atoms with E-state index >= 15 is 0 Å². The van der Waals surface area contributed by atoms with Crippen LogP contribution < -0.4 is 14.8 Å². The average Bonchev–Trinajstić information content (AvgIpc) is 3.34. The number of hydrogen-bond acceptors (Lipinski definition) is 4. The summed E-state index contributed by atoms with van der Waals surface area (Å²) in [6, 6.07) is 15.6. The number of fused-ring (bicyclic) bond motifs is 1. The van der Waals surface area contributed by atoms with E-state index in [1.54, 1.807) is 6.20 Å². The van der Waals surface area contributed by atoms with Crippen LogP contribution in [-0.2, 0) is 17.8 Å². The van der Waals surface area contributed by atoms with Crippen molar-refractivity contribution >= 4 is 5.91 Å². The van der Waals surface area contributed by atoms with Crippen molar-refractivity contribution in [2.45, 2.75) is 19.4 Å². The molecule has 0 bridgehead atoms. The van der Waals surface area contributed by atoms with Crippen molar-refractivity contribution in [3.63, 3.8) is 0 Å². The molecule has 4 rings (SSSR count). The fourth-order valence-corrected chi connectivity index (χ4v) is 2.81. The topological polar surface area (TPSA) is 65.4 Å². The van der Waals surface area contributed by atoms with E-state index < -0.39 is 0 Å². The van der Waals surface area contributed by atoms with Crippen LogP contribution >= 0.6 is 0 Å². The van der Waals surface area contributed by atoms with Gasteiger partial charge in [-0.05, 0) is 41.8 Å². The van der Waals surface area contributed by atoms with E-state index in [1.165, 1.54) is 0 Å². The van der Waals surface area contributed by atoms with Crippen LogP contribution in [-0.4, -0.2) is 22.5 Å². The molecular formula is C20H19N3O3. The number of hydrogen-bond donors (Lipinski definition) is 1. The average molecular weight is 349 g/mol. The van der Waals surface area contributed by atoms with Crippen LogP contribution in [0.3, 0.4) is 0 Å². The smallest absolute Gasteiger partial charge is 0.231 e. The van der Waals surface area contributed by atoms with Crippen molar-refractivity contribution in [1.82, 2.24) is 15.1 Å². The van der Waals surface area contributed by atoms with Crippen molar-refractivity contribution < 1.29 is 14.3 Å². The summed E-state index contributed by atoms with van der Waals surface area (Å²) >= 11 is 0. The van der Waals surface area contributed by atoms with Gasteiger partial charge in [0.15, 0.2) is 11.5 Å². The Morgan fingerprint density at radius 2 is 1.92 bits per heavy atom. The predicted octanol–water partition coefficient (Wildman–Crippen LogP) is 2.85. The maximum absolute atomic E-state index is 12.1. The first kappa shape index (κ1) is 16.2. The first-order valence-corrected chi connectivity index (χ1v) is 8.52. The highest BCUT2D eigenvalue weighted by atomic mass is 16.7. The molecule has 6 nitrogen and oxygen atoms in total. The molecule has 2 aromatic carbocycles. The van der Waals surface area contributed by atoms with Gasteiger partial charge in [0.2, 0.25) is 12.7 Å². The van der Waals surface area contributed by atoms with Gasteiger partial charge >= 0.3 is 0 Å². The molecule has 6 heteroatoms. The van der Waals surface area contributed by atoms with Gasteiger partial charge in [0.25, 0.3) is 0 Å². The van der Waals surface area contributed by atoms with Crippen molar-refractivity contribution in [3.05, 3.63) is 72.1 Å². The largest absolute Gasteiger partial charge is 0.454 e. The van der Waals surface area contributed by atoms with Crippen LogP contribution in [0, 0.1) is 0 Å². The van der Waals surface area contributed by atoms with E-state index in [0.29, 0.717) is 19.4 Å². The van der Waals surface area contributed by atoms with Gasteiger partial charge in [-0.1, -0.05) is 24.3 Å². The Labute approximate surface area is 151 Å². The summed E-state index contributed by atoms with van der Waals surface area (Å²) in [4.78, 5) is 12.1. The predicted molar refractivity (Wildman–Crippen MR) is 96.3 cm³/mol. The summed E-state index contributed by atoms with van der Waals surface area (Å²) in [6.07, 6.45) is 4.84. The molecule has 0 aliphatic carbocycles. The van der Waals surface area contributed by atoms with Gasteiger partial charge in [-0.2, -0.15) is 5.10 Å². The van der Waals surface area contributed by atoms with Crippen LogP contribution in [0.5, 0.6) is 11.5 Å². The van der Waals surface area contributed by atoms with E-state index in [2.05, 4.69) is 10.4 Å². The number of benzene rings is 2. The minimum absolute atomic E-state index is 0.00938. The molecule has 1 aliphatic heterocycles. The van der Waals surface area contributed by atoms with Gasteiger partial charge in [-0.3, -0.25) is 4.79 Å². The fraction of sp³-hybridized carbons (Fsp3) is 0.200. The third-order valence-corrected chi connectivity index (χ3v) is 4.22. The maximum atomic E-state index is 12.1. The van der Waals surface area contributed by atoms with E-state index in [1.807, 2.05) is 59.4 Å². The van der Waals surface area contributed by atoms with Crippen molar-refractivity contribution in [2.75, 3.05) is 6.79 Å². The molecule has 0 saturated carbocycles. The Balaban J connectivity index is 1.27. The number of nitrogens with zero attached hydrogens (tertiary/aromatic N) is 2. The third kappa shape index (κ3) is 3.69. The van der Waals surface area contributed by atoms with Crippen LogP contribution in [0.4, 0.5) is 0 Å². The van der Waals surface area contributed by atoms with Gasteiger partial charge < -0.3 is 14.8 Å². The number of aryl methyl sites for hydroxylation is 1. The number of para-hydroxylation sites is 1. The van der Waals surface area contributed by atoms with E-state index in [9.17, 15) is 4.79 Å². The monoisotopic (exact) mass is 349 g/mol. The zero-order valence-corrected chi connectivity index (χ0v) is 14.2. The maximum Gasteiger partial charge on any atom is 0.231 e. The Bertz CT molecular complexity index is 906. The first-order chi connectivity index (χ1) is 12.8. The molecule has 2 heterocycles. The van der Waals surface area contributed by atoms with E-state index in [-0.39, 0.29) is 12.7 Å². The third-order valence-electron chi connectivity index (χ3n) is 4.22. The number of amides is 1. The zero-order valence-electron chi connectivity index (χ0n) is 14.2. The quantitative estimate of drug-likeness (QED) is 0.743. The lowest BCUT2D eigenvalue weighted by atomic mass is 10.1. The number of aromatic nitrogens is 2. The molecule has 3 aromatic rings. The lowest BCUT2D eigenvalue weighted by molar-refractivity contribution is -0.121. The van der Waals surface area contributed by atoms with E-state index in [4.69, 9.17) is 9.47 Å². The molecule has 0 radical (unpaired) electrons. The van der Waals surface area contributed by atoms with E-state index in [0.717, 1.165) is 28.3 Å². The minimum atomic E-state index is 0.00938. The van der Waals surface area contributed by atoms with Crippen molar-refractivity contribution in [3.8, 4) is 17.2 Å². The lowest BCUT2D eigenvalue weighted by Crippen LogP contribution is -2.22. The standard InChI is InChI=1S/C20H19N3O3/c24-20(21-11-15-6-8-18-19(10-15)26-14-25-18)9-7-16-12-22-23(13-16)17-4-2-1-3-5-17/h1-6,8,10,12-13H,7,9,11,14H2,(H,21,24). The SMILES string of the molecule is O=C(CCc1cnn(-c2ccccc2)c1)NCc1ccc2c(c1)OCO2. The number of carbonyl (C=O) groups excluding carboxylic acids is 1. The highest BCUT2D eigenvalue weighted by Gasteiger charge is 2.13. The van der Waals surface area contributed by atoms with Gasteiger partial charge in [-0.15, -0.1) is 0 Å². The Morgan fingerprint density at radius 1 is 1.08 bits per heavy atom. The molecule has 1 amide bonds. The normalized spacial score (nSPS) is 12.2. The number of rotatable bonds is 6. The number of ether oxygens (including phenoxy) is 2. The lowest BCUT2D eigenvalue weighted by Gasteiger charge is -2.06. The summed E-state index contributed by atoms with van der Waals surface area (Å²) in [5.74, 6) is 1.48. The first-order valence-electron chi connectivity index (χ1n) is 8.52. The molecule has 0 fully saturated rings. The van der Waals surface area contributed by atoms with Crippen molar-refractivity contribution in [2.24, 2.45) is 0 Å². The Kier molecular flexibility index (Phi) is 4.55. The summed E-state index contributed by atoms with van der Waals surface area (Å²) in [5.41, 5.74) is 3.03. The molecular weight excluding hydrogens is 330 g/mol. The van der Waals surface area contributed by atoms with Crippen LogP contribution in [0.2, 0.25) is 0 Å². The molecule has 0 unspecified atom stereocenters. The number of carbonyl (C=O) groups is 1. The summed E-state index contributed by atoms with van der Waals surface area (Å²) in [6.45, 7) is 0.723. The summed E-state index contributed by atoms with van der Waals surface area (Å²) < 4.78 is 12.4. The van der Waals surface area contributed by atoms with Crippen molar-refractivity contribution in [1.29, 1.82) is 0 Å². The summed E-state index contributed by atoms with van der Waals surface area (Å²) in [5, 5.41) is 7.29. The molecule has 1 aliphatic rings. The van der Waals surface area contributed by atoms with Gasteiger partial charge in [0.05, 0.1) is 11.9 Å².